The number of nitrogens with zero attached hydrogens (tertiary/aromatic N) is 1. The molecule has 0 spiro atoms. The summed E-state index contributed by atoms with van der Waals surface area (Å²) in [5, 5.41) is 20.0. The lowest BCUT2D eigenvalue weighted by Crippen LogP contribution is -2.12. The largest absolute Gasteiger partial charge is 0.506 e. The third-order valence-electron chi connectivity index (χ3n) is 4.78. The number of hydrogen-bond acceptors (Lipinski definition) is 8. The Bertz CT molecular complexity index is 1170. The number of rotatable bonds is 9. The molecule has 1 aliphatic rings. The summed E-state index contributed by atoms with van der Waals surface area (Å²) < 4.78 is 15.6. The first-order valence-electron chi connectivity index (χ1n) is 10.6. The van der Waals surface area contributed by atoms with Gasteiger partial charge >= 0.3 is 11.9 Å². The minimum absolute atomic E-state index is 0.00560. The van der Waals surface area contributed by atoms with Crippen LogP contribution in [0, 0.1) is 0 Å². The molecule has 0 bridgehead atoms. The molecule has 2 N–H and O–H groups in total. The van der Waals surface area contributed by atoms with E-state index in [4.69, 9.17) is 19.3 Å². The molecular formula is C25H25NO7S. The Morgan fingerprint density at radius 3 is 2.44 bits per heavy atom. The number of aryl methyl sites for hydroxylation is 1. The number of carbonyl (C=O) groups is 2. The van der Waals surface area contributed by atoms with Gasteiger partial charge in [0.1, 0.15) is 16.4 Å². The highest BCUT2D eigenvalue weighted by Gasteiger charge is 2.33. The maximum absolute atomic E-state index is 12.6. The van der Waals surface area contributed by atoms with Gasteiger partial charge in [0, 0.05) is 0 Å². The Balaban J connectivity index is 1.97. The van der Waals surface area contributed by atoms with Crippen LogP contribution in [-0.4, -0.2) is 47.5 Å². The second-order valence-electron chi connectivity index (χ2n) is 7.08. The molecule has 0 aromatic heterocycles. The van der Waals surface area contributed by atoms with Gasteiger partial charge < -0.3 is 24.4 Å². The number of aliphatic carboxylic acids is 1. The zero-order chi connectivity index (χ0) is 24.7. The van der Waals surface area contributed by atoms with Crippen molar-refractivity contribution in [2.45, 2.75) is 20.3 Å². The van der Waals surface area contributed by atoms with E-state index in [0.717, 1.165) is 23.7 Å². The van der Waals surface area contributed by atoms with E-state index in [1.54, 1.807) is 31.2 Å². The van der Waals surface area contributed by atoms with Gasteiger partial charge in [0.15, 0.2) is 18.1 Å². The fraction of sp³-hybridized carbons (Fsp3) is 0.240. The molecule has 0 unspecified atom stereocenters. The highest BCUT2D eigenvalue weighted by atomic mass is 32.2. The fourth-order valence-corrected chi connectivity index (χ4v) is 4.13. The van der Waals surface area contributed by atoms with E-state index in [1.807, 2.05) is 24.3 Å². The number of thioether (sulfide) groups is 1. The molecule has 1 aliphatic heterocycles. The quantitative estimate of drug-likeness (QED) is 0.483. The van der Waals surface area contributed by atoms with Crippen LogP contribution in [0.3, 0.4) is 0 Å². The normalized spacial score (nSPS) is 15.6. The molecule has 0 aliphatic carbocycles. The number of hydrogen-bond donors (Lipinski definition) is 2. The van der Waals surface area contributed by atoms with Crippen LogP contribution in [0.25, 0.3) is 6.08 Å². The van der Waals surface area contributed by atoms with E-state index in [-0.39, 0.29) is 23.7 Å². The van der Waals surface area contributed by atoms with Crippen molar-refractivity contribution >= 4 is 40.5 Å². The molecule has 0 atom stereocenters. The molecule has 0 radical (unpaired) electrons. The predicted molar refractivity (Wildman–Crippen MR) is 131 cm³/mol. The first-order valence-corrected chi connectivity index (χ1v) is 11.4. The van der Waals surface area contributed by atoms with E-state index >= 15 is 0 Å². The molecule has 178 valence electrons. The van der Waals surface area contributed by atoms with E-state index in [9.17, 15) is 14.7 Å². The average molecular weight is 484 g/mol. The summed E-state index contributed by atoms with van der Waals surface area (Å²) in [6.07, 6.45) is 2.57. The minimum atomic E-state index is -1.10. The Hall–Kier alpha value is -3.72. The number of carbonyl (C=O) groups excluding carboxylic acids is 1. The second-order valence-corrected chi connectivity index (χ2v) is 8.12. The SMILES string of the molecule is CCOC(=O)C1=C(O)C(=Cc2ccc(OCC(=O)O)c(OC)c2)SC1=Nc1ccc(CC)cc1. The summed E-state index contributed by atoms with van der Waals surface area (Å²) >= 11 is 1.15. The lowest BCUT2D eigenvalue weighted by atomic mass is 10.1. The van der Waals surface area contributed by atoms with Crippen molar-refractivity contribution in [3.8, 4) is 11.5 Å². The fourth-order valence-electron chi connectivity index (χ4n) is 3.10. The average Bonchev–Trinajstić information content (AvgIpc) is 3.12. The number of aliphatic imine (C=N–C) groups is 1. The molecule has 3 rings (SSSR count). The summed E-state index contributed by atoms with van der Waals surface area (Å²) in [7, 11) is 1.44. The van der Waals surface area contributed by atoms with Gasteiger partial charge in [-0.15, -0.1) is 0 Å². The van der Waals surface area contributed by atoms with Gasteiger partial charge in [0.25, 0.3) is 0 Å². The van der Waals surface area contributed by atoms with E-state index < -0.39 is 18.5 Å². The smallest absolute Gasteiger partial charge is 0.344 e. The van der Waals surface area contributed by atoms with Crippen LogP contribution >= 0.6 is 11.8 Å². The molecule has 2 aromatic rings. The molecule has 0 amide bonds. The van der Waals surface area contributed by atoms with Crippen LogP contribution in [0.4, 0.5) is 5.69 Å². The van der Waals surface area contributed by atoms with Crippen LogP contribution in [0.15, 0.2) is 63.7 Å². The first kappa shape index (κ1) is 24.9. The second kappa shape index (κ2) is 11.4. The zero-order valence-corrected chi connectivity index (χ0v) is 19.8. The predicted octanol–water partition coefficient (Wildman–Crippen LogP) is 4.91. The van der Waals surface area contributed by atoms with Crippen molar-refractivity contribution in [1.82, 2.24) is 0 Å². The lowest BCUT2D eigenvalue weighted by Gasteiger charge is -2.10. The van der Waals surface area contributed by atoms with Gasteiger partial charge in [0.05, 0.1) is 24.3 Å². The first-order chi connectivity index (χ1) is 16.4. The van der Waals surface area contributed by atoms with Gasteiger partial charge in [-0.2, -0.15) is 0 Å². The van der Waals surface area contributed by atoms with E-state index in [1.165, 1.54) is 7.11 Å². The molecule has 0 saturated heterocycles. The van der Waals surface area contributed by atoms with Crippen molar-refractivity contribution in [2.75, 3.05) is 20.3 Å². The molecule has 34 heavy (non-hydrogen) atoms. The lowest BCUT2D eigenvalue weighted by molar-refractivity contribution is -0.139. The molecule has 9 heteroatoms. The van der Waals surface area contributed by atoms with Gasteiger partial charge in [-0.1, -0.05) is 36.9 Å². The molecule has 8 nitrogen and oxygen atoms in total. The van der Waals surface area contributed by atoms with Crippen LogP contribution in [0.5, 0.6) is 11.5 Å². The van der Waals surface area contributed by atoms with Gasteiger partial charge in [-0.25, -0.2) is 14.6 Å². The number of carboxylic acid groups (broad SMARTS) is 1. The van der Waals surface area contributed by atoms with Gasteiger partial charge in [-0.05, 0) is 54.8 Å². The molecule has 2 aromatic carbocycles. The van der Waals surface area contributed by atoms with Crippen molar-refractivity contribution in [2.24, 2.45) is 4.99 Å². The van der Waals surface area contributed by atoms with Crippen LogP contribution in [-0.2, 0) is 20.7 Å². The minimum Gasteiger partial charge on any atom is -0.506 e. The molecule has 1 heterocycles. The number of carboxylic acids is 1. The highest BCUT2D eigenvalue weighted by molar-refractivity contribution is 8.18. The van der Waals surface area contributed by atoms with E-state index in [2.05, 4.69) is 11.9 Å². The number of esters is 1. The Morgan fingerprint density at radius 1 is 1.09 bits per heavy atom. The third-order valence-corrected chi connectivity index (χ3v) is 5.80. The summed E-state index contributed by atoms with van der Waals surface area (Å²) in [6, 6.07) is 12.5. The van der Waals surface area contributed by atoms with Gasteiger partial charge in [-0.3, -0.25) is 0 Å². The number of aliphatic hydroxyl groups is 1. The Labute approximate surface area is 201 Å². The Kier molecular flexibility index (Phi) is 8.37. The van der Waals surface area contributed by atoms with Crippen molar-refractivity contribution in [3.05, 3.63) is 69.8 Å². The molecular weight excluding hydrogens is 458 g/mol. The highest BCUT2D eigenvalue weighted by Crippen LogP contribution is 2.41. The van der Waals surface area contributed by atoms with Crippen LogP contribution in [0.1, 0.15) is 25.0 Å². The summed E-state index contributed by atoms with van der Waals surface area (Å²) in [4.78, 5) is 28.3. The van der Waals surface area contributed by atoms with Crippen LogP contribution in [0.2, 0.25) is 0 Å². The monoisotopic (exact) mass is 483 g/mol. The standard InChI is InChI=1S/C25H25NO7S/c1-4-15-6-9-17(10-7-15)26-24-22(25(30)32-5-2)23(29)20(34-24)13-16-8-11-18(19(12-16)31-3)33-14-21(27)28/h6-13,29H,4-5,14H2,1-3H3,(H,27,28). The van der Waals surface area contributed by atoms with Crippen molar-refractivity contribution in [1.29, 1.82) is 0 Å². The summed E-state index contributed by atoms with van der Waals surface area (Å²) in [5.41, 5.74) is 2.46. The van der Waals surface area contributed by atoms with Crippen molar-refractivity contribution in [3.63, 3.8) is 0 Å². The maximum Gasteiger partial charge on any atom is 0.344 e. The topological polar surface area (TPSA) is 115 Å². The zero-order valence-electron chi connectivity index (χ0n) is 19.0. The molecule has 0 fully saturated rings. The number of benzene rings is 2. The summed E-state index contributed by atoms with van der Waals surface area (Å²) in [5.74, 6) is -1.38. The Morgan fingerprint density at radius 2 is 1.82 bits per heavy atom. The van der Waals surface area contributed by atoms with E-state index in [0.29, 0.717) is 26.9 Å². The summed E-state index contributed by atoms with van der Waals surface area (Å²) in [6.45, 7) is 3.41. The number of ether oxygens (including phenoxy) is 3. The number of methoxy groups -OCH3 is 1. The number of aliphatic hydroxyl groups excluding tert-OH is 1. The van der Waals surface area contributed by atoms with Crippen LogP contribution < -0.4 is 9.47 Å². The van der Waals surface area contributed by atoms with Crippen molar-refractivity contribution < 1.29 is 34.0 Å². The third kappa shape index (κ3) is 5.99. The molecule has 0 saturated carbocycles. The maximum atomic E-state index is 12.6. The van der Waals surface area contributed by atoms with Gasteiger partial charge in [0.2, 0.25) is 0 Å².